The maximum atomic E-state index is 12.6. The molecule has 0 N–H and O–H groups in total. The van der Waals surface area contributed by atoms with E-state index in [1.807, 2.05) is 67.8 Å². The summed E-state index contributed by atoms with van der Waals surface area (Å²) in [6, 6.07) is 9.92. The average molecular weight is 401 g/mol. The van der Waals surface area contributed by atoms with E-state index in [4.69, 9.17) is 4.74 Å². The van der Waals surface area contributed by atoms with Gasteiger partial charge in [0.1, 0.15) is 5.75 Å². The summed E-state index contributed by atoms with van der Waals surface area (Å²) in [5, 5.41) is 0. The number of rotatable bonds is 6. The Morgan fingerprint density at radius 3 is 2.10 bits per heavy atom. The highest BCUT2D eigenvalue weighted by atomic mass is 16.5. The Balaban J connectivity index is 1.64. The molecule has 0 radical (unpaired) electrons. The van der Waals surface area contributed by atoms with Crippen LogP contribution in [0.2, 0.25) is 0 Å². The Bertz CT molecular complexity index is 681. The standard InChI is InChI=1S/C24H36N2O3/c1-17(2)23(27)25-12-10-19(11-13-25)22-15-26(24(28)18(3)4)14-20(22)16-29-21-8-6-5-7-9-21/h5-9,17-20,22H,10-16H2,1-4H3/t20-,22-/m0/s1. The number of ether oxygens (including phenoxy) is 1. The number of hydrogen-bond acceptors (Lipinski definition) is 3. The highest BCUT2D eigenvalue weighted by Gasteiger charge is 2.41. The fraction of sp³-hybridized carbons (Fsp3) is 0.667. The molecule has 3 rings (SSSR count). The van der Waals surface area contributed by atoms with Crippen molar-refractivity contribution in [2.24, 2.45) is 29.6 Å². The van der Waals surface area contributed by atoms with Crippen LogP contribution in [-0.4, -0.2) is 54.4 Å². The normalized spacial score (nSPS) is 23.1. The van der Waals surface area contributed by atoms with Crippen LogP contribution in [0.25, 0.3) is 0 Å². The molecule has 1 aromatic rings. The van der Waals surface area contributed by atoms with Crippen molar-refractivity contribution < 1.29 is 14.3 Å². The van der Waals surface area contributed by atoms with Gasteiger partial charge in [-0.25, -0.2) is 0 Å². The molecule has 2 aliphatic heterocycles. The number of carbonyl (C=O) groups is 2. The van der Waals surface area contributed by atoms with Gasteiger partial charge in [-0.3, -0.25) is 9.59 Å². The van der Waals surface area contributed by atoms with E-state index >= 15 is 0 Å². The molecule has 2 fully saturated rings. The summed E-state index contributed by atoms with van der Waals surface area (Å²) in [5.74, 6) is 2.80. The number of carbonyl (C=O) groups excluding carboxylic acids is 2. The molecule has 0 aromatic heterocycles. The first-order valence-electron chi connectivity index (χ1n) is 11.1. The number of amides is 2. The van der Waals surface area contributed by atoms with E-state index in [-0.39, 0.29) is 23.7 Å². The molecule has 29 heavy (non-hydrogen) atoms. The fourth-order valence-electron chi connectivity index (χ4n) is 4.79. The zero-order valence-corrected chi connectivity index (χ0v) is 18.3. The highest BCUT2D eigenvalue weighted by molar-refractivity contribution is 5.78. The molecule has 5 nitrogen and oxygen atoms in total. The summed E-state index contributed by atoms with van der Waals surface area (Å²) < 4.78 is 6.09. The summed E-state index contributed by atoms with van der Waals surface area (Å²) in [6.07, 6.45) is 2.04. The number of benzene rings is 1. The molecule has 5 heteroatoms. The predicted molar refractivity (Wildman–Crippen MR) is 114 cm³/mol. The Hall–Kier alpha value is -2.04. The molecule has 0 spiro atoms. The maximum absolute atomic E-state index is 12.6. The van der Waals surface area contributed by atoms with Crippen molar-refractivity contribution in [3.63, 3.8) is 0 Å². The summed E-state index contributed by atoms with van der Waals surface area (Å²) in [7, 11) is 0. The summed E-state index contributed by atoms with van der Waals surface area (Å²) in [6.45, 7) is 11.8. The fourth-order valence-corrected chi connectivity index (χ4v) is 4.79. The quantitative estimate of drug-likeness (QED) is 0.732. The minimum absolute atomic E-state index is 0.0231. The van der Waals surface area contributed by atoms with Crippen molar-refractivity contribution >= 4 is 11.8 Å². The van der Waals surface area contributed by atoms with Crippen LogP contribution >= 0.6 is 0 Å². The Morgan fingerprint density at radius 1 is 0.931 bits per heavy atom. The molecule has 160 valence electrons. The van der Waals surface area contributed by atoms with E-state index in [0.29, 0.717) is 24.4 Å². The first-order chi connectivity index (χ1) is 13.9. The molecule has 1 aromatic carbocycles. The second-order valence-electron chi connectivity index (χ2n) is 9.26. The summed E-state index contributed by atoms with van der Waals surface area (Å²) in [5.41, 5.74) is 0. The third-order valence-electron chi connectivity index (χ3n) is 6.46. The molecule has 2 heterocycles. The second kappa shape index (κ2) is 9.64. The first-order valence-corrected chi connectivity index (χ1v) is 11.1. The van der Waals surface area contributed by atoms with Crippen LogP contribution in [0.5, 0.6) is 5.75 Å². The third kappa shape index (κ3) is 5.31. The molecule has 2 saturated heterocycles. The third-order valence-corrected chi connectivity index (χ3v) is 6.46. The lowest BCUT2D eigenvalue weighted by molar-refractivity contribution is -0.136. The first kappa shape index (κ1) is 21.7. The number of hydrogen-bond donors (Lipinski definition) is 0. The lowest BCUT2D eigenvalue weighted by atomic mass is 9.78. The second-order valence-corrected chi connectivity index (χ2v) is 9.26. The van der Waals surface area contributed by atoms with Crippen LogP contribution in [0.3, 0.4) is 0 Å². The number of piperidine rings is 1. The molecule has 0 saturated carbocycles. The Kier molecular flexibility index (Phi) is 7.20. The highest BCUT2D eigenvalue weighted by Crippen LogP contribution is 2.37. The maximum Gasteiger partial charge on any atom is 0.225 e. The Labute approximate surface area is 175 Å². The molecule has 0 aliphatic carbocycles. The van der Waals surface area contributed by atoms with Crippen LogP contribution in [0.4, 0.5) is 0 Å². The van der Waals surface area contributed by atoms with Crippen LogP contribution in [-0.2, 0) is 9.59 Å². The predicted octanol–water partition coefficient (Wildman–Crippen LogP) is 3.69. The molecular formula is C24H36N2O3. The van der Waals surface area contributed by atoms with Crippen LogP contribution < -0.4 is 4.74 Å². The van der Waals surface area contributed by atoms with E-state index in [1.165, 1.54) is 0 Å². The largest absolute Gasteiger partial charge is 0.493 e. The van der Waals surface area contributed by atoms with Gasteiger partial charge in [-0.1, -0.05) is 45.9 Å². The van der Waals surface area contributed by atoms with Gasteiger partial charge in [-0.15, -0.1) is 0 Å². The van der Waals surface area contributed by atoms with Gasteiger partial charge in [0.15, 0.2) is 0 Å². The topological polar surface area (TPSA) is 49.9 Å². The molecule has 2 atom stereocenters. The van der Waals surface area contributed by atoms with Crippen LogP contribution in [0.1, 0.15) is 40.5 Å². The number of likely N-dealkylation sites (tertiary alicyclic amines) is 2. The molecule has 2 amide bonds. The van der Waals surface area contributed by atoms with Gasteiger partial charge in [0.25, 0.3) is 0 Å². The zero-order chi connectivity index (χ0) is 21.0. The van der Waals surface area contributed by atoms with Crippen LogP contribution in [0.15, 0.2) is 30.3 Å². The van der Waals surface area contributed by atoms with Gasteiger partial charge in [0.05, 0.1) is 6.61 Å². The molecular weight excluding hydrogens is 364 g/mol. The molecule has 0 bridgehead atoms. The summed E-state index contributed by atoms with van der Waals surface area (Å²) >= 11 is 0. The number of para-hydroxylation sites is 1. The lowest BCUT2D eigenvalue weighted by Gasteiger charge is -2.37. The van der Waals surface area contributed by atoms with E-state index in [9.17, 15) is 9.59 Å². The van der Waals surface area contributed by atoms with Crippen molar-refractivity contribution in [3.8, 4) is 5.75 Å². The van der Waals surface area contributed by atoms with E-state index in [0.717, 1.165) is 44.8 Å². The van der Waals surface area contributed by atoms with Gasteiger partial charge < -0.3 is 14.5 Å². The minimum Gasteiger partial charge on any atom is -0.493 e. The van der Waals surface area contributed by atoms with Crippen molar-refractivity contribution in [1.82, 2.24) is 9.80 Å². The van der Waals surface area contributed by atoms with Gasteiger partial charge >= 0.3 is 0 Å². The van der Waals surface area contributed by atoms with Crippen molar-refractivity contribution in [1.29, 1.82) is 0 Å². The average Bonchev–Trinajstić information content (AvgIpc) is 3.16. The number of nitrogens with zero attached hydrogens (tertiary/aromatic N) is 2. The SMILES string of the molecule is CC(C)C(=O)N1CCC([C@@H]2CN(C(=O)C(C)C)C[C@H]2COc2ccccc2)CC1. The van der Waals surface area contributed by atoms with E-state index in [1.54, 1.807) is 0 Å². The zero-order valence-electron chi connectivity index (χ0n) is 18.3. The summed E-state index contributed by atoms with van der Waals surface area (Å²) in [4.78, 5) is 29.0. The van der Waals surface area contributed by atoms with Gasteiger partial charge in [-0.2, -0.15) is 0 Å². The van der Waals surface area contributed by atoms with Crippen molar-refractivity contribution in [2.45, 2.75) is 40.5 Å². The smallest absolute Gasteiger partial charge is 0.225 e. The lowest BCUT2D eigenvalue weighted by Crippen LogP contribution is -2.43. The van der Waals surface area contributed by atoms with Gasteiger partial charge in [0, 0.05) is 43.9 Å². The Morgan fingerprint density at radius 2 is 1.52 bits per heavy atom. The van der Waals surface area contributed by atoms with Gasteiger partial charge in [-0.05, 0) is 36.8 Å². The van der Waals surface area contributed by atoms with Crippen molar-refractivity contribution in [3.05, 3.63) is 30.3 Å². The molecule has 0 unspecified atom stereocenters. The van der Waals surface area contributed by atoms with Crippen molar-refractivity contribution in [2.75, 3.05) is 32.8 Å². The molecule has 2 aliphatic rings. The van der Waals surface area contributed by atoms with E-state index < -0.39 is 0 Å². The van der Waals surface area contributed by atoms with E-state index in [2.05, 4.69) is 0 Å². The minimum atomic E-state index is 0.0231. The van der Waals surface area contributed by atoms with Crippen LogP contribution in [0, 0.1) is 29.6 Å². The monoisotopic (exact) mass is 400 g/mol. The van der Waals surface area contributed by atoms with Gasteiger partial charge in [0.2, 0.25) is 11.8 Å².